The van der Waals surface area contributed by atoms with Crippen LogP contribution in [-0.4, -0.2) is 70.0 Å². The normalized spacial score (nSPS) is 20.3. The van der Waals surface area contributed by atoms with Gasteiger partial charge in [0.1, 0.15) is 11.4 Å². The number of nitrogens with two attached hydrogens (primary N) is 1. The van der Waals surface area contributed by atoms with E-state index in [4.69, 9.17) is 5.73 Å². The average molecular weight is 484 g/mol. The molecular formula is C28H33N7O. The minimum atomic E-state index is 0.175. The number of rotatable bonds is 4. The first-order valence-corrected chi connectivity index (χ1v) is 12.6. The van der Waals surface area contributed by atoms with E-state index in [9.17, 15) is 5.11 Å². The number of hydrogen-bond acceptors (Lipinski definition) is 8. The van der Waals surface area contributed by atoms with Gasteiger partial charge in [-0.05, 0) is 62.9 Å². The Morgan fingerprint density at radius 2 is 1.83 bits per heavy atom. The predicted octanol–water partition coefficient (Wildman–Crippen LogP) is 3.38. The molecule has 5 rings (SSSR count). The zero-order chi connectivity index (χ0) is 25.1. The van der Waals surface area contributed by atoms with Gasteiger partial charge in [-0.1, -0.05) is 18.1 Å². The second kappa shape index (κ2) is 10.4. The molecule has 2 fully saturated rings. The lowest BCUT2D eigenvalue weighted by Gasteiger charge is -2.36. The van der Waals surface area contributed by atoms with E-state index in [2.05, 4.69) is 67.7 Å². The van der Waals surface area contributed by atoms with Crippen molar-refractivity contribution in [1.82, 2.24) is 20.1 Å². The van der Waals surface area contributed by atoms with Crippen LogP contribution in [0, 0.1) is 11.8 Å². The van der Waals surface area contributed by atoms with E-state index >= 15 is 0 Å². The molecule has 3 N–H and O–H groups in total. The molecule has 2 saturated heterocycles. The van der Waals surface area contributed by atoms with Crippen LogP contribution in [0.4, 0.5) is 17.2 Å². The molecule has 0 saturated carbocycles. The summed E-state index contributed by atoms with van der Waals surface area (Å²) < 4.78 is 0. The summed E-state index contributed by atoms with van der Waals surface area (Å²) in [6, 6.07) is 14.2. The Kier molecular flexibility index (Phi) is 6.92. The number of pyridine rings is 1. The predicted molar refractivity (Wildman–Crippen MR) is 144 cm³/mol. The van der Waals surface area contributed by atoms with Gasteiger partial charge in [-0.2, -0.15) is 0 Å². The molecule has 0 unspecified atom stereocenters. The molecule has 186 valence electrons. The molecule has 2 aliphatic rings. The smallest absolute Gasteiger partial charge is 0.169 e. The topological polar surface area (TPSA) is 94.6 Å². The van der Waals surface area contributed by atoms with Gasteiger partial charge in [0.05, 0.1) is 17.9 Å². The number of likely N-dealkylation sites (tertiary alicyclic amines) is 1. The highest BCUT2D eigenvalue weighted by molar-refractivity contribution is 5.74. The zero-order valence-electron chi connectivity index (χ0n) is 20.9. The van der Waals surface area contributed by atoms with Gasteiger partial charge in [-0.15, -0.1) is 10.2 Å². The van der Waals surface area contributed by atoms with E-state index in [1.807, 2.05) is 24.4 Å². The van der Waals surface area contributed by atoms with E-state index in [-0.39, 0.29) is 5.75 Å². The highest BCUT2D eigenvalue weighted by Crippen LogP contribution is 2.32. The van der Waals surface area contributed by atoms with Crippen LogP contribution in [0.2, 0.25) is 0 Å². The molecular weight excluding hydrogens is 450 g/mol. The molecule has 2 aromatic heterocycles. The van der Waals surface area contributed by atoms with E-state index in [1.165, 1.54) is 6.42 Å². The lowest BCUT2D eigenvalue weighted by molar-refractivity contribution is 0.124. The summed E-state index contributed by atoms with van der Waals surface area (Å²) in [6.07, 6.45) is 4.07. The second-order valence-corrected chi connectivity index (χ2v) is 9.64. The summed E-state index contributed by atoms with van der Waals surface area (Å²) >= 11 is 0. The molecule has 0 bridgehead atoms. The van der Waals surface area contributed by atoms with Crippen molar-refractivity contribution >= 4 is 17.2 Å². The summed E-state index contributed by atoms with van der Waals surface area (Å²) in [5.41, 5.74) is 10.3. The maximum absolute atomic E-state index is 10.3. The number of para-hydroxylation sites is 1. The van der Waals surface area contributed by atoms with Gasteiger partial charge >= 0.3 is 0 Å². The molecule has 1 aromatic carbocycles. The van der Waals surface area contributed by atoms with Crippen LogP contribution in [0.5, 0.6) is 5.75 Å². The van der Waals surface area contributed by atoms with Crippen LogP contribution in [0.1, 0.15) is 32.4 Å². The van der Waals surface area contributed by atoms with Gasteiger partial charge < -0.3 is 20.6 Å². The van der Waals surface area contributed by atoms with Crippen LogP contribution in [0.15, 0.2) is 48.7 Å². The monoisotopic (exact) mass is 483 g/mol. The SMILES string of the molecule is C[C@@H]1CCN1CC#Cc1cc(N2CCN(c3cc(-c4ccccc4O)nnc3N)CC[C@H]2C)ccn1. The summed E-state index contributed by atoms with van der Waals surface area (Å²) in [5, 5.41) is 18.7. The molecule has 2 atom stereocenters. The van der Waals surface area contributed by atoms with Crippen molar-refractivity contribution < 1.29 is 5.11 Å². The molecule has 0 spiro atoms. The molecule has 0 radical (unpaired) electrons. The van der Waals surface area contributed by atoms with E-state index < -0.39 is 0 Å². The second-order valence-electron chi connectivity index (χ2n) is 9.64. The van der Waals surface area contributed by atoms with Gasteiger partial charge in [0, 0.05) is 55.7 Å². The van der Waals surface area contributed by atoms with Gasteiger partial charge in [0.2, 0.25) is 0 Å². The Hall–Kier alpha value is -3.83. The lowest BCUT2D eigenvalue weighted by Crippen LogP contribution is -2.45. The quantitative estimate of drug-likeness (QED) is 0.546. The summed E-state index contributed by atoms with van der Waals surface area (Å²) in [5.74, 6) is 7.11. The highest BCUT2D eigenvalue weighted by atomic mass is 16.3. The number of nitrogen functional groups attached to an aromatic ring is 1. The first-order valence-electron chi connectivity index (χ1n) is 12.6. The van der Waals surface area contributed by atoms with Gasteiger partial charge in [-0.3, -0.25) is 4.90 Å². The van der Waals surface area contributed by atoms with E-state index in [1.54, 1.807) is 12.1 Å². The minimum Gasteiger partial charge on any atom is -0.507 e. The van der Waals surface area contributed by atoms with Crippen molar-refractivity contribution in [2.75, 3.05) is 48.3 Å². The Balaban J connectivity index is 1.32. The number of phenols is 1. The van der Waals surface area contributed by atoms with Crippen molar-refractivity contribution in [1.29, 1.82) is 0 Å². The van der Waals surface area contributed by atoms with Gasteiger partial charge in [0.15, 0.2) is 5.82 Å². The number of anilines is 3. The standard InChI is InChI=1S/C28H33N7O/c1-20-10-14-33(20)13-5-6-22-18-23(9-12-30-22)35-17-16-34(15-11-21(35)2)26-19-25(31-32-28(26)29)24-7-3-4-8-27(24)36/h3-4,7-9,12,18-21,36H,10-11,13-17H2,1-2H3,(H2,29,32)/t20-,21-/m1/s1. The fourth-order valence-corrected chi connectivity index (χ4v) is 4.85. The molecule has 4 heterocycles. The summed E-state index contributed by atoms with van der Waals surface area (Å²) in [6.45, 7) is 8.90. The van der Waals surface area contributed by atoms with Crippen LogP contribution in [0.25, 0.3) is 11.3 Å². The molecule has 8 heteroatoms. The first-order chi connectivity index (χ1) is 17.5. The fraction of sp³-hybridized carbons (Fsp3) is 0.393. The van der Waals surface area contributed by atoms with Crippen LogP contribution < -0.4 is 15.5 Å². The Labute approximate surface area is 212 Å². The van der Waals surface area contributed by atoms with Gasteiger partial charge in [-0.25, -0.2) is 4.98 Å². The maximum Gasteiger partial charge on any atom is 0.169 e. The van der Waals surface area contributed by atoms with Crippen molar-refractivity contribution in [2.24, 2.45) is 0 Å². The zero-order valence-corrected chi connectivity index (χ0v) is 20.9. The molecule has 8 nitrogen and oxygen atoms in total. The number of aromatic hydroxyl groups is 1. The van der Waals surface area contributed by atoms with Crippen LogP contribution in [-0.2, 0) is 0 Å². The van der Waals surface area contributed by atoms with Crippen molar-refractivity contribution in [3.05, 3.63) is 54.4 Å². The third kappa shape index (κ3) is 5.07. The van der Waals surface area contributed by atoms with Crippen molar-refractivity contribution in [2.45, 2.75) is 38.8 Å². The van der Waals surface area contributed by atoms with E-state index in [0.717, 1.165) is 56.2 Å². The Morgan fingerprint density at radius 3 is 2.61 bits per heavy atom. The van der Waals surface area contributed by atoms with Crippen LogP contribution in [0.3, 0.4) is 0 Å². The lowest BCUT2D eigenvalue weighted by atomic mass is 10.1. The number of phenolic OH excluding ortho intramolecular Hbond substituents is 1. The molecule has 36 heavy (non-hydrogen) atoms. The van der Waals surface area contributed by atoms with Gasteiger partial charge in [0.25, 0.3) is 0 Å². The Bertz CT molecular complexity index is 1280. The third-order valence-corrected chi connectivity index (χ3v) is 7.31. The first kappa shape index (κ1) is 23.9. The maximum atomic E-state index is 10.3. The number of nitrogens with zero attached hydrogens (tertiary/aromatic N) is 6. The Morgan fingerprint density at radius 1 is 1.00 bits per heavy atom. The average Bonchev–Trinajstić information content (AvgIpc) is 3.08. The molecule has 2 aliphatic heterocycles. The number of hydrogen-bond donors (Lipinski definition) is 2. The number of benzene rings is 1. The molecule has 0 amide bonds. The molecule has 0 aliphatic carbocycles. The summed E-state index contributed by atoms with van der Waals surface area (Å²) in [4.78, 5) is 11.5. The third-order valence-electron chi connectivity index (χ3n) is 7.31. The van der Waals surface area contributed by atoms with Crippen molar-refractivity contribution in [3.63, 3.8) is 0 Å². The van der Waals surface area contributed by atoms with Crippen LogP contribution >= 0.6 is 0 Å². The highest BCUT2D eigenvalue weighted by Gasteiger charge is 2.24. The molecule has 3 aromatic rings. The largest absolute Gasteiger partial charge is 0.507 e. The fourth-order valence-electron chi connectivity index (χ4n) is 4.85. The summed E-state index contributed by atoms with van der Waals surface area (Å²) in [7, 11) is 0. The van der Waals surface area contributed by atoms with E-state index in [0.29, 0.717) is 29.2 Å². The van der Waals surface area contributed by atoms with Crippen molar-refractivity contribution in [3.8, 4) is 28.8 Å². The number of aromatic nitrogens is 3. The minimum absolute atomic E-state index is 0.175.